The summed E-state index contributed by atoms with van der Waals surface area (Å²) in [5.41, 5.74) is -3.62. The van der Waals surface area contributed by atoms with Crippen molar-refractivity contribution in [3.63, 3.8) is 0 Å². The summed E-state index contributed by atoms with van der Waals surface area (Å²) in [6, 6.07) is 9.38. The first-order chi connectivity index (χ1) is 13.5. The summed E-state index contributed by atoms with van der Waals surface area (Å²) < 4.78 is 55.8. The molecule has 2 nitrogen and oxygen atoms in total. The van der Waals surface area contributed by atoms with Crippen LogP contribution >= 0.6 is 23.2 Å². The normalized spacial score (nSPS) is 17.9. The molecule has 1 atom stereocenters. The smallest absolute Gasteiger partial charge is 0.380 e. The van der Waals surface area contributed by atoms with Gasteiger partial charge in [-0.3, -0.25) is 0 Å². The van der Waals surface area contributed by atoms with Gasteiger partial charge in [-0.05, 0) is 66.1 Å². The van der Waals surface area contributed by atoms with Crippen LogP contribution in [-0.2, 0) is 11.8 Å². The fraction of sp³-hybridized carbons (Fsp3) is 0.381. The fourth-order valence-corrected chi connectivity index (χ4v) is 4.51. The number of hydrogen-bond acceptors (Lipinski definition) is 2. The zero-order valence-electron chi connectivity index (χ0n) is 15.2. The van der Waals surface area contributed by atoms with Gasteiger partial charge in [-0.2, -0.15) is 18.4 Å². The number of benzene rings is 2. The minimum Gasteiger partial charge on any atom is -0.380 e. The largest absolute Gasteiger partial charge is 0.417 e. The van der Waals surface area contributed by atoms with E-state index in [4.69, 9.17) is 28.5 Å². The van der Waals surface area contributed by atoms with Crippen molar-refractivity contribution in [3.8, 4) is 6.07 Å². The van der Waals surface area contributed by atoms with Crippen molar-refractivity contribution in [2.24, 2.45) is 0 Å². The highest BCUT2D eigenvalue weighted by Gasteiger charge is 2.59. The Hall–Kier alpha value is -1.81. The lowest BCUT2D eigenvalue weighted by molar-refractivity contribution is -0.269. The van der Waals surface area contributed by atoms with Gasteiger partial charge in [0.1, 0.15) is 5.82 Å². The molecule has 8 heteroatoms. The van der Waals surface area contributed by atoms with Crippen LogP contribution in [-0.4, -0.2) is 16.9 Å². The molecule has 1 saturated carbocycles. The van der Waals surface area contributed by atoms with Gasteiger partial charge in [-0.1, -0.05) is 35.7 Å². The molecule has 0 radical (unpaired) electrons. The van der Waals surface area contributed by atoms with E-state index >= 15 is 0 Å². The predicted octanol–water partition coefficient (Wildman–Crippen LogP) is 6.35. The Kier molecular flexibility index (Phi) is 5.88. The molecule has 0 bridgehead atoms. The standard InChI is InChI=1S/C21H17Cl2F4NO/c22-17-5-4-15(24)9-16(17)19(6-1-7-19)12-20(29,21(25,26)27)10-14-3-2-13(11-28)8-18(14)23/h2-5,8-9,29H,1,6-7,10,12H2. The van der Waals surface area contributed by atoms with Gasteiger partial charge in [0.25, 0.3) is 0 Å². The Morgan fingerprint density at radius 3 is 2.28 bits per heavy atom. The molecule has 0 saturated heterocycles. The van der Waals surface area contributed by atoms with Crippen LogP contribution in [0, 0.1) is 17.1 Å². The highest BCUT2D eigenvalue weighted by molar-refractivity contribution is 6.31. The van der Waals surface area contributed by atoms with Gasteiger partial charge in [-0.25, -0.2) is 4.39 Å². The molecule has 1 aliphatic rings. The van der Waals surface area contributed by atoms with Crippen LogP contribution in [0.5, 0.6) is 0 Å². The van der Waals surface area contributed by atoms with Gasteiger partial charge in [0, 0.05) is 16.5 Å². The Labute approximate surface area is 175 Å². The maximum atomic E-state index is 14.0. The fourth-order valence-electron chi connectivity index (χ4n) is 3.95. The Bertz CT molecular complexity index is 966. The molecule has 1 unspecified atom stereocenters. The molecule has 29 heavy (non-hydrogen) atoms. The van der Waals surface area contributed by atoms with Gasteiger partial charge in [0.05, 0.1) is 11.6 Å². The maximum absolute atomic E-state index is 14.0. The zero-order valence-corrected chi connectivity index (χ0v) is 16.7. The van der Waals surface area contributed by atoms with Crippen LogP contribution in [0.25, 0.3) is 0 Å². The molecular formula is C21H17Cl2F4NO. The number of nitrogens with zero attached hydrogens (tertiary/aromatic N) is 1. The summed E-state index contributed by atoms with van der Waals surface area (Å²) in [6.07, 6.45) is -5.03. The van der Waals surface area contributed by atoms with E-state index in [-0.39, 0.29) is 26.7 Å². The van der Waals surface area contributed by atoms with E-state index in [1.54, 1.807) is 0 Å². The number of hydrogen-bond donors (Lipinski definition) is 1. The topological polar surface area (TPSA) is 44.0 Å². The molecule has 1 fully saturated rings. The van der Waals surface area contributed by atoms with Crippen LogP contribution in [0.2, 0.25) is 10.0 Å². The summed E-state index contributed by atoms with van der Waals surface area (Å²) in [6.45, 7) is 0. The molecule has 0 aromatic heterocycles. The third kappa shape index (κ3) is 4.23. The Morgan fingerprint density at radius 1 is 1.07 bits per heavy atom. The average molecular weight is 446 g/mol. The Balaban J connectivity index is 2.01. The number of alkyl halides is 3. The average Bonchev–Trinajstić information content (AvgIpc) is 2.61. The monoisotopic (exact) mass is 445 g/mol. The molecule has 0 aliphatic heterocycles. The Morgan fingerprint density at radius 2 is 1.76 bits per heavy atom. The van der Waals surface area contributed by atoms with Crippen molar-refractivity contribution in [2.45, 2.75) is 49.3 Å². The molecule has 0 heterocycles. The first-order valence-electron chi connectivity index (χ1n) is 8.93. The quantitative estimate of drug-likeness (QED) is 0.544. The lowest BCUT2D eigenvalue weighted by Crippen LogP contribution is -2.53. The van der Waals surface area contributed by atoms with E-state index in [0.717, 1.165) is 12.1 Å². The first-order valence-corrected chi connectivity index (χ1v) is 9.68. The number of halogens is 6. The number of nitriles is 1. The van der Waals surface area contributed by atoms with Gasteiger partial charge >= 0.3 is 6.18 Å². The van der Waals surface area contributed by atoms with Crippen molar-refractivity contribution < 1.29 is 22.7 Å². The van der Waals surface area contributed by atoms with Crippen molar-refractivity contribution in [3.05, 3.63) is 69.0 Å². The minimum atomic E-state index is -4.95. The van der Waals surface area contributed by atoms with E-state index in [0.29, 0.717) is 19.3 Å². The van der Waals surface area contributed by atoms with Gasteiger partial charge in [0.2, 0.25) is 0 Å². The SMILES string of the molecule is N#Cc1ccc(CC(O)(CC2(c3cc(F)ccc3Cl)CCC2)C(F)(F)F)c(Cl)c1. The summed E-state index contributed by atoms with van der Waals surface area (Å²) in [5, 5.41) is 19.8. The van der Waals surface area contributed by atoms with E-state index in [1.807, 2.05) is 6.07 Å². The highest BCUT2D eigenvalue weighted by Crippen LogP contribution is 2.54. The van der Waals surface area contributed by atoms with Crippen LogP contribution in [0.3, 0.4) is 0 Å². The van der Waals surface area contributed by atoms with Crippen molar-refractivity contribution in [1.82, 2.24) is 0 Å². The number of aliphatic hydroxyl groups is 1. The first kappa shape index (κ1) is 21.9. The molecule has 0 spiro atoms. The zero-order chi connectivity index (χ0) is 21.4. The summed E-state index contributed by atoms with van der Waals surface area (Å²) in [4.78, 5) is 0. The van der Waals surface area contributed by atoms with Crippen LogP contribution in [0.1, 0.15) is 42.4 Å². The lowest BCUT2D eigenvalue weighted by Gasteiger charge is -2.48. The van der Waals surface area contributed by atoms with Gasteiger partial charge < -0.3 is 5.11 Å². The van der Waals surface area contributed by atoms with Gasteiger partial charge in [-0.15, -0.1) is 0 Å². The van der Waals surface area contributed by atoms with Crippen LogP contribution < -0.4 is 0 Å². The second kappa shape index (κ2) is 7.79. The second-order valence-corrected chi connectivity index (χ2v) is 8.37. The summed E-state index contributed by atoms with van der Waals surface area (Å²) in [7, 11) is 0. The molecule has 2 aromatic rings. The van der Waals surface area contributed by atoms with E-state index in [1.165, 1.54) is 24.3 Å². The van der Waals surface area contributed by atoms with Gasteiger partial charge in [0.15, 0.2) is 5.60 Å². The summed E-state index contributed by atoms with van der Waals surface area (Å²) >= 11 is 12.2. The van der Waals surface area contributed by atoms with Crippen LogP contribution in [0.4, 0.5) is 17.6 Å². The van der Waals surface area contributed by atoms with Crippen molar-refractivity contribution in [2.75, 3.05) is 0 Å². The lowest BCUT2D eigenvalue weighted by atomic mass is 9.59. The highest BCUT2D eigenvalue weighted by atomic mass is 35.5. The molecule has 154 valence electrons. The molecule has 3 rings (SSSR count). The van der Waals surface area contributed by atoms with E-state index < -0.39 is 35.9 Å². The minimum absolute atomic E-state index is 0.0295. The third-order valence-corrected chi connectivity index (χ3v) is 6.32. The van der Waals surface area contributed by atoms with E-state index in [9.17, 15) is 22.7 Å². The van der Waals surface area contributed by atoms with Crippen molar-refractivity contribution >= 4 is 23.2 Å². The predicted molar refractivity (Wildman–Crippen MR) is 102 cm³/mol. The molecule has 1 aliphatic carbocycles. The molecule has 1 N–H and O–H groups in total. The maximum Gasteiger partial charge on any atom is 0.417 e. The molecular weight excluding hydrogens is 429 g/mol. The van der Waals surface area contributed by atoms with Crippen molar-refractivity contribution in [1.29, 1.82) is 5.26 Å². The van der Waals surface area contributed by atoms with Crippen LogP contribution in [0.15, 0.2) is 36.4 Å². The van der Waals surface area contributed by atoms with E-state index in [2.05, 4.69) is 0 Å². The summed E-state index contributed by atoms with van der Waals surface area (Å²) in [5.74, 6) is -0.596. The number of rotatable bonds is 5. The molecule has 0 amide bonds. The third-order valence-electron chi connectivity index (χ3n) is 5.63. The molecule has 2 aromatic carbocycles. The second-order valence-electron chi connectivity index (χ2n) is 7.56.